The molecule has 0 bridgehead atoms. The molecule has 8 heteroatoms. The second-order valence-electron chi connectivity index (χ2n) is 8.55. The number of carboxylic acids is 1. The third kappa shape index (κ3) is 7.44. The summed E-state index contributed by atoms with van der Waals surface area (Å²) in [5.74, 6) is -0.639. The number of nitrogens with zero attached hydrogens (tertiary/aromatic N) is 2. The molecule has 37 heavy (non-hydrogen) atoms. The van der Waals surface area contributed by atoms with Gasteiger partial charge in [0.2, 0.25) is 0 Å². The molecule has 0 aliphatic heterocycles. The predicted molar refractivity (Wildman–Crippen MR) is 145 cm³/mol. The molecule has 0 fully saturated rings. The van der Waals surface area contributed by atoms with Gasteiger partial charge in [-0.3, -0.25) is 14.6 Å². The van der Waals surface area contributed by atoms with Gasteiger partial charge in [0, 0.05) is 54.7 Å². The number of benzene rings is 3. The van der Waals surface area contributed by atoms with Crippen molar-refractivity contribution in [2.24, 2.45) is 0 Å². The molecule has 1 aromatic heterocycles. The SMILES string of the molecule is O=C(O)CCCN(Cc1cccc2ccccc12)C(=O)c1cc(Cl)cc(OCCNc2ccncc2)c1. The number of fused-ring (bicyclic) bond motifs is 1. The molecule has 1 amide bonds. The van der Waals surface area contributed by atoms with Crippen LogP contribution < -0.4 is 10.1 Å². The third-order valence-electron chi connectivity index (χ3n) is 5.85. The van der Waals surface area contributed by atoms with Crippen LogP contribution in [0.25, 0.3) is 10.8 Å². The van der Waals surface area contributed by atoms with Crippen molar-refractivity contribution in [3.63, 3.8) is 0 Å². The number of aromatic nitrogens is 1. The van der Waals surface area contributed by atoms with Gasteiger partial charge in [0.1, 0.15) is 12.4 Å². The van der Waals surface area contributed by atoms with Gasteiger partial charge >= 0.3 is 5.97 Å². The van der Waals surface area contributed by atoms with Gasteiger partial charge in [-0.2, -0.15) is 0 Å². The number of ether oxygens (including phenoxy) is 1. The average Bonchev–Trinajstić information content (AvgIpc) is 2.90. The summed E-state index contributed by atoms with van der Waals surface area (Å²) in [5.41, 5.74) is 2.31. The van der Waals surface area contributed by atoms with E-state index >= 15 is 0 Å². The van der Waals surface area contributed by atoms with E-state index in [0.29, 0.717) is 49.0 Å². The molecular formula is C29H28ClN3O4. The standard InChI is InChI=1S/C29H28ClN3O4/c30-24-17-23(18-26(19-24)37-16-14-32-25-10-12-31-13-11-25)29(36)33(15-4-9-28(34)35)20-22-7-3-6-21-5-1-2-8-27(21)22/h1-3,5-8,10-13,17-19H,4,9,14-16,20H2,(H,31,32)(H,34,35). The van der Waals surface area contributed by atoms with Crippen molar-refractivity contribution in [3.05, 3.63) is 101 Å². The number of hydrogen-bond donors (Lipinski definition) is 2. The highest BCUT2D eigenvalue weighted by Gasteiger charge is 2.19. The van der Waals surface area contributed by atoms with Crippen LogP contribution in [0.15, 0.2) is 85.2 Å². The van der Waals surface area contributed by atoms with E-state index in [-0.39, 0.29) is 12.3 Å². The number of halogens is 1. The number of carbonyl (C=O) groups excluding carboxylic acids is 1. The van der Waals surface area contributed by atoms with Gasteiger partial charge in [-0.1, -0.05) is 54.1 Å². The monoisotopic (exact) mass is 517 g/mol. The number of nitrogens with one attached hydrogen (secondary N) is 1. The Hall–Kier alpha value is -4.10. The van der Waals surface area contributed by atoms with Crippen LogP contribution in [0, 0.1) is 0 Å². The molecule has 0 radical (unpaired) electrons. The molecule has 2 N–H and O–H groups in total. The van der Waals surface area contributed by atoms with Crippen LogP contribution in [0.2, 0.25) is 5.02 Å². The van der Waals surface area contributed by atoms with Gasteiger partial charge in [0.05, 0.1) is 0 Å². The smallest absolute Gasteiger partial charge is 0.303 e. The Morgan fingerprint density at radius 3 is 2.59 bits per heavy atom. The quantitative estimate of drug-likeness (QED) is 0.228. The number of anilines is 1. The summed E-state index contributed by atoms with van der Waals surface area (Å²) >= 11 is 6.34. The van der Waals surface area contributed by atoms with Gasteiger partial charge < -0.3 is 20.1 Å². The summed E-state index contributed by atoms with van der Waals surface area (Å²) in [7, 11) is 0. The number of hydrogen-bond acceptors (Lipinski definition) is 5. The normalized spacial score (nSPS) is 10.7. The summed E-state index contributed by atoms with van der Waals surface area (Å²) < 4.78 is 5.86. The Labute approximate surface area is 220 Å². The zero-order valence-electron chi connectivity index (χ0n) is 20.3. The van der Waals surface area contributed by atoms with Crippen molar-refractivity contribution in [2.75, 3.05) is 25.0 Å². The summed E-state index contributed by atoms with van der Waals surface area (Å²) in [6.45, 7) is 1.57. The molecule has 0 unspecified atom stereocenters. The highest BCUT2D eigenvalue weighted by molar-refractivity contribution is 6.31. The fourth-order valence-corrected chi connectivity index (χ4v) is 4.32. The van der Waals surface area contributed by atoms with Crippen LogP contribution in [0.4, 0.5) is 5.69 Å². The highest BCUT2D eigenvalue weighted by atomic mass is 35.5. The Morgan fingerprint density at radius 2 is 1.78 bits per heavy atom. The number of aliphatic carboxylic acids is 1. The van der Waals surface area contributed by atoms with Crippen LogP contribution in [-0.4, -0.2) is 46.6 Å². The molecule has 3 aromatic carbocycles. The molecule has 0 aliphatic carbocycles. The van der Waals surface area contributed by atoms with Crippen LogP contribution in [-0.2, 0) is 11.3 Å². The van der Waals surface area contributed by atoms with Crippen LogP contribution in [0.5, 0.6) is 5.75 Å². The van der Waals surface area contributed by atoms with Crippen molar-refractivity contribution >= 4 is 39.9 Å². The fraction of sp³-hybridized carbons (Fsp3) is 0.207. The van der Waals surface area contributed by atoms with Crippen LogP contribution >= 0.6 is 11.6 Å². The molecule has 0 saturated carbocycles. The Bertz CT molecular complexity index is 1360. The first-order chi connectivity index (χ1) is 18.0. The number of pyridine rings is 1. The Balaban J connectivity index is 1.49. The Morgan fingerprint density at radius 1 is 1.00 bits per heavy atom. The van der Waals surface area contributed by atoms with E-state index in [2.05, 4.69) is 10.3 Å². The molecule has 7 nitrogen and oxygen atoms in total. The molecule has 4 aromatic rings. The zero-order valence-corrected chi connectivity index (χ0v) is 21.0. The van der Waals surface area contributed by atoms with Crippen molar-refractivity contribution in [1.82, 2.24) is 9.88 Å². The van der Waals surface area contributed by atoms with Crippen molar-refractivity contribution in [2.45, 2.75) is 19.4 Å². The molecule has 4 rings (SSSR count). The van der Waals surface area contributed by atoms with Crippen molar-refractivity contribution < 1.29 is 19.4 Å². The van der Waals surface area contributed by atoms with E-state index in [1.54, 1.807) is 35.5 Å². The van der Waals surface area contributed by atoms with Crippen molar-refractivity contribution in [1.29, 1.82) is 0 Å². The van der Waals surface area contributed by atoms with Gasteiger partial charge in [-0.15, -0.1) is 0 Å². The summed E-state index contributed by atoms with van der Waals surface area (Å²) in [5, 5.41) is 14.9. The third-order valence-corrected chi connectivity index (χ3v) is 6.06. The first-order valence-corrected chi connectivity index (χ1v) is 12.4. The minimum atomic E-state index is -0.892. The molecule has 0 spiro atoms. The lowest BCUT2D eigenvalue weighted by atomic mass is 10.0. The minimum absolute atomic E-state index is 0.0201. The fourth-order valence-electron chi connectivity index (χ4n) is 4.10. The predicted octanol–water partition coefficient (Wildman–Crippen LogP) is 5.89. The summed E-state index contributed by atoms with van der Waals surface area (Å²) in [6, 6.07) is 22.7. The average molecular weight is 518 g/mol. The lowest BCUT2D eigenvalue weighted by Crippen LogP contribution is -2.32. The van der Waals surface area contributed by atoms with E-state index in [9.17, 15) is 9.59 Å². The maximum Gasteiger partial charge on any atom is 0.303 e. The summed E-state index contributed by atoms with van der Waals surface area (Å²) in [6.07, 6.45) is 3.74. The lowest BCUT2D eigenvalue weighted by Gasteiger charge is -2.24. The molecule has 0 saturated heterocycles. The van der Waals surface area contributed by atoms with E-state index in [4.69, 9.17) is 21.4 Å². The largest absolute Gasteiger partial charge is 0.492 e. The first kappa shape index (κ1) is 26.0. The van der Waals surface area contributed by atoms with Gasteiger partial charge in [0.15, 0.2) is 0 Å². The van der Waals surface area contributed by atoms with Crippen LogP contribution in [0.3, 0.4) is 0 Å². The second kappa shape index (κ2) is 12.7. The molecule has 0 aliphatic rings. The van der Waals surface area contributed by atoms with Crippen LogP contribution in [0.1, 0.15) is 28.8 Å². The van der Waals surface area contributed by atoms with E-state index in [1.807, 2.05) is 54.6 Å². The van der Waals surface area contributed by atoms with Gasteiger partial charge in [0.25, 0.3) is 5.91 Å². The molecule has 1 heterocycles. The van der Waals surface area contributed by atoms with Crippen molar-refractivity contribution in [3.8, 4) is 5.75 Å². The lowest BCUT2D eigenvalue weighted by molar-refractivity contribution is -0.137. The minimum Gasteiger partial charge on any atom is -0.492 e. The number of amides is 1. The topological polar surface area (TPSA) is 91.8 Å². The molecule has 0 atom stereocenters. The summed E-state index contributed by atoms with van der Waals surface area (Å²) in [4.78, 5) is 30.4. The second-order valence-corrected chi connectivity index (χ2v) is 8.99. The molecule has 190 valence electrons. The molecular weight excluding hydrogens is 490 g/mol. The first-order valence-electron chi connectivity index (χ1n) is 12.0. The van der Waals surface area contributed by atoms with E-state index in [0.717, 1.165) is 22.0 Å². The number of carbonyl (C=O) groups is 2. The van der Waals surface area contributed by atoms with E-state index < -0.39 is 5.97 Å². The highest BCUT2D eigenvalue weighted by Crippen LogP contribution is 2.25. The van der Waals surface area contributed by atoms with Gasteiger partial charge in [-0.25, -0.2) is 0 Å². The number of carboxylic acid groups (broad SMARTS) is 1. The maximum atomic E-state index is 13.6. The van der Waals surface area contributed by atoms with Gasteiger partial charge in [-0.05, 0) is 53.1 Å². The zero-order chi connectivity index (χ0) is 26.0. The Kier molecular flexibility index (Phi) is 8.94. The number of rotatable bonds is 12. The maximum absolute atomic E-state index is 13.6. The van der Waals surface area contributed by atoms with E-state index in [1.165, 1.54) is 0 Å².